The zero-order valence-electron chi connectivity index (χ0n) is 17.0. The second-order valence-corrected chi connectivity index (χ2v) is 7.39. The van der Waals surface area contributed by atoms with E-state index in [1.165, 1.54) is 12.8 Å². The minimum absolute atomic E-state index is 0. The number of nitrogens with one attached hydrogen (secondary N) is 1. The van der Waals surface area contributed by atoms with Crippen LogP contribution in [0.25, 0.3) is 0 Å². The predicted molar refractivity (Wildman–Crippen MR) is 120 cm³/mol. The zero-order valence-corrected chi connectivity index (χ0v) is 19.3. The molecule has 1 N–H and O–H groups in total. The number of guanidine groups is 1. The molecule has 2 fully saturated rings. The molecule has 0 saturated carbocycles. The third-order valence-electron chi connectivity index (χ3n) is 5.34. The number of unbranched alkanes of at least 4 members (excludes halogenated alkanes) is 1. The van der Waals surface area contributed by atoms with Crippen molar-refractivity contribution in [2.75, 3.05) is 39.9 Å². The van der Waals surface area contributed by atoms with Gasteiger partial charge in [-0.05, 0) is 44.9 Å². The van der Waals surface area contributed by atoms with Gasteiger partial charge in [0.15, 0.2) is 5.96 Å². The Morgan fingerprint density at radius 2 is 1.96 bits per heavy atom. The van der Waals surface area contributed by atoms with Gasteiger partial charge in [0.05, 0.1) is 18.8 Å². The minimum Gasteiger partial charge on any atom is -0.376 e. The highest BCUT2D eigenvalue weighted by Crippen LogP contribution is 2.17. The normalized spacial score (nSPS) is 21.4. The Kier molecular flexibility index (Phi) is 11.1. The molecule has 1 atom stereocenters. The molecule has 9 heteroatoms. The second-order valence-electron chi connectivity index (χ2n) is 7.39. The molecule has 0 spiro atoms. The van der Waals surface area contributed by atoms with Crippen molar-refractivity contribution >= 4 is 29.9 Å². The Bertz CT molecular complexity index is 543. The number of aliphatic imine (C=N–C) groups is 1. The molecule has 0 aromatic carbocycles. The van der Waals surface area contributed by atoms with E-state index in [0.29, 0.717) is 12.2 Å². The summed E-state index contributed by atoms with van der Waals surface area (Å²) in [6.45, 7) is 5.54. The van der Waals surface area contributed by atoms with Crippen LogP contribution in [0.1, 0.15) is 44.9 Å². The highest BCUT2D eigenvalue weighted by molar-refractivity contribution is 14.0. The molecule has 0 amide bonds. The Labute approximate surface area is 185 Å². The summed E-state index contributed by atoms with van der Waals surface area (Å²) in [4.78, 5) is 6.79. The van der Waals surface area contributed by atoms with Crippen molar-refractivity contribution in [2.24, 2.45) is 4.99 Å². The topological polar surface area (TPSA) is 76.8 Å². The van der Waals surface area contributed by atoms with E-state index in [1.807, 2.05) is 11.6 Å². The molecule has 0 radical (unpaired) electrons. The summed E-state index contributed by atoms with van der Waals surface area (Å²) in [6, 6.07) is 0. The van der Waals surface area contributed by atoms with Crippen molar-refractivity contribution in [3.63, 3.8) is 0 Å². The Balaban J connectivity index is 0.00000280. The van der Waals surface area contributed by atoms with Gasteiger partial charge in [-0.15, -0.1) is 34.2 Å². The number of nitrogens with zero attached hydrogens (tertiary/aromatic N) is 5. The summed E-state index contributed by atoms with van der Waals surface area (Å²) in [5.41, 5.74) is 0. The first-order chi connectivity index (χ1) is 13.3. The number of piperidine rings is 1. The summed E-state index contributed by atoms with van der Waals surface area (Å²) in [5, 5.41) is 11.1. The highest BCUT2D eigenvalue weighted by Gasteiger charge is 2.23. The maximum Gasteiger partial charge on any atom is 0.193 e. The average molecular weight is 506 g/mol. The largest absolute Gasteiger partial charge is 0.376 e. The van der Waals surface area contributed by atoms with E-state index in [4.69, 9.17) is 9.47 Å². The first kappa shape index (κ1) is 23.3. The van der Waals surface area contributed by atoms with Gasteiger partial charge >= 0.3 is 0 Å². The molecule has 1 unspecified atom stereocenters. The molecule has 160 valence electrons. The van der Waals surface area contributed by atoms with E-state index >= 15 is 0 Å². The SMILES string of the molecule is CN=C(NCCCCn1cnnc1)N1CCC(OCC2CCCCO2)CC1.I. The van der Waals surface area contributed by atoms with Gasteiger partial charge in [0.25, 0.3) is 0 Å². The van der Waals surface area contributed by atoms with Crippen LogP contribution in [-0.4, -0.2) is 77.7 Å². The molecular formula is C19H35IN6O2. The lowest BCUT2D eigenvalue weighted by Gasteiger charge is -2.35. The number of rotatable bonds is 8. The fraction of sp³-hybridized carbons (Fsp3) is 0.842. The molecular weight excluding hydrogens is 471 g/mol. The fourth-order valence-electron chi connectivity index (χ4n) is 3.71. The van der Waals surface area contributed by atoms with Crippen molar-refractivity contribution in [2.45, 2.75) is 63.7 Å². The standard InChI is InChI=1S/C19H34N6O2.HI/c1-20-19(21-9-3-4-10-24-15-22-23-16-24)25-11-7-17(8-12-25)27-14-18-6-2-5-13-26-18;/h15-18H,2-14H2,1H3,(H,20,21);1H. The molecule has 0 bridgehead atoms. The van der Waals surface area contributed by atoms with E-state index in [0.717, 1.165) is 77.5 Å². The third-order valence-corrected chi connectivity index (χ3v) is 5.34. The zero-order chi connectivity index (χ0) is 18.7. The molecule has 0 aliphatic carbocycles. The maximum absolute atomic E-state index is 6.11. The van der Waals surface area contributed by atoms with Gasteiger partial charge in [-0.2, -0.15) is 0 Å². The second kappa shape index (κ2) is 13.3. The van der Waals surface area contributed by atoms with Crippen LogP contribution in [0.3, 0.4) is 0 Å². The van der Waals surface area contributed by atoms with Gasteiger partial charge in [-0.25, -0.2) is 0 Å². The Morgan fingerprint density at radius 3 is 2.64 bits per heavy atom. The van der Waals surface area contributed by atoms with Crippen LogP contribution < -0.4 is 5.32 Å². The van der Waals surface area contributed by atoms with Crippen molar-refractivity contribution < 1.29 is 9.47 Å². The lowest BCUT2D eigenvalue weighted by atomic mass is 10.1. The van der Waals surface area contributed by atoms with E-state index in [9.17, 15) is 0 Å². The summed E-state index contributed by atoms with van der Waals surface area (Å²) in [5.74, 6) is 1.01. The lowest BCUT2D eigenvalue weighted by molar-refractivity contribution is -0.0721. The van der Waals surface area contributed by atoms with E-state index in [1.54, 1.807) is 12.7 Å². The number of hydrogen-bond donors (Lipinski definition) is 1. The summed E-state index contributed by atoms with van der Waals surface area (Å²) < 4.78 is 13.9. The molecule has 2 aliphatic heterocycles. The van der Waals surface area contributed by atoms with Gasteiger partial charge in [0.2, 0.25) is 0 Å². The van der Waals surface area contributed by atoms with E-state index in [-0.39, 0.29) is 24.0 Å². The molecule has 1 aromatic heterocycles. The Morgan fingerprint density at radius 1 is 1.18 bits per heavy atom. The van der Waals surface area contributed by atoms with E-state index < -0.39 is 0 Å². The van der Waals surface area contributed by atoms with Gasteiger partial charge in [0.1, 0.15) is 12.7 Å². The number of aromatic nitrogens is 3. The van der Waals surface area contributed by atoms with Crippen molar-refractivity contribution in [3.8, 4) is 0 Å². The molecule has 3 rings (SSSR count). The highest BCUT2D eigenvalue weighted by atomic mass is 127. The lowest BCUT2D eigenvalue weighted by Crippen LogP contribution is -2.47. The number of halogens is 1. The average Bonchev–Trinajstić information content (AvgIpc) is 3.24. The van der Waals surface area contributed by atoms with Gasteiger partial charge < -0.3 is 24.3 Å². The van der Waals surface area contributed by atoms with Gasteiger partial charge in [0, 0.05) is 39.8 Å². The van der Waals surface area contributed by atoms with E-state index in [2.05, 4.69) is 25.4 Å². The van der Waals surface area contributed by atoms with Gasteiger partial charge in [-0.1, -0.05) is 0 Å². The van der Waals surface area contributed by atoms with Crippen LogP contribution in [0, 0.1) is 0 Å². The van der Waals surface area contributed by atoms with Crippen LogP contribution in [0.2, 0.25) is 0 Å². The summed E-state index contributed by atoms with van der Waals surface area (Å²) in [7, 11) is 1.86. The van der Waals surface area contributed by atoms with Crippen LogP contribution >= 0.6 is 24.0 Å². The quantitative estimate of drug-likeness (QED) is 0.253. The van der Waals surface area contributed by atoms with Crippen LogP contribution in [0.5, 0.6) is 0 Å². The monoisotopic (exact) mass is 506 g/mol. The molecule has 2 saturated heterocycles. The maximum atomic E-state index is 6.11. The fourth-order valence-corrected chi connectivity index (χ4v) is 3.71. The number of hydrogen-bond acceptors (Lipinski definition) is 5. The molecule has 28 heavy (non-hydrogen) atoms. The minimum atomic E-state index is 0. The summed E-state index contributed by atoms with van der Waals surface area (Å²) >= 11 is 0. The Hall–Kier alpha value is -0.940. The van der Waals surface area contributed by atoms with Crippen LogP contribution in [0.15, 0.2) is 17.6 Å². The number of ether oxygens (including phenoxy) is 2. The predicted octanol–water partition coefficient (Wildman–Crippen LogP) is 2.30. The van der Waals surface area contributed by atoms with Gasteiger partial charge in [-0.3, -0.25) is 4.99 Å². The smallest absolute Gasteiger partial charge is 0.193 e. The van der Waals surface area contributed by atoms with Crippen molar-refractivity contribution in [1.82, 2.24) is 25.0 Å². The summed E-state index contributed by atoms with van der Waals surface area (Å²) in [6.07, 6.45) is 12.1. The molecule has 8 nitrogen and oxygen atoms in total. The number of likely N-dealkylation sites (tertiary alicyclic amines) is 1. The van der Waals surface area contributed by atoms with Crippen molar-refractivity contribution in [1.29, 1.82) is 0 Å². The first-order valence-electron chi connectivity index (χ1n) is 10.4. The first-order valence-corrected chi connectivity index (χ1v) is 10.4. The van der Waals surface area contributed by atoms with Crippen molar-refractivity contribution in [3.05, 3.63) is 12.7 Å². The molecule has 2 aliphatic rings. The van der Waals surface area contributed by atoms with Crippen LogP contribution in [0.4, 0.5) is 0 Å². The third kappa shape index (κ3) is 7.82. The molecule has 3 heterocycles. The van der Waals surface area contributed by atoms with Crippen LogP contribution in [-0.2, 0) is 16.0 Å². The number of aryl methyl sites for hydroxylation is 1. The molecule has 1 aromatic rings.